The Balaban J connectivity index is 1.92. The summed E-state index contributed by atoms with van der Waals surface area (Å²) >= 11 is 5.93. The normalized spacial score (nSPS) is 18.9. The van der Waals surface area contributed by atoms with Crippen molar-refractivity contribution in [1.29, 1.82) is 0 Å². The molecule has 1 aliphatic rings. The van der Waals surface area contributed by atoms with E-state index in [0.29, 0.717) is 23.6 Å². The number of hydrogen-bond donors (Lipinski definition) is 0. The van der Waals surface area contributed by atoms with Crippen LogP contribution in [-0.4, -0.2) is 36.8 Å². The molecule has 1 aliphatic heterocycles. The maximum atomic E-state index is 13.1. The van der Waals surface area contributed by atoms with E-state index in [-0.39, 0.29) is 23.5 Å². The average molecular weight is 378 g/mol. The fourth-order valence-corrected chi connectivity index (χ4v) is 5.00. The molecule has 0 spiro atoms. The molecule has 2 aromatic carbocycles. The van der Waals surface area contributed by atoms with Crippen LogP contribution in [-0.2, 0) is 16.4 Å². The predicted octanol–water partition coefficient (Wildman–Crippen LogP) is 3.48. The number of hydrogen-bond acceptors (Lipinski definition) is 3. The van der Waals surface area contributed by atoms with E-state index in [4.69, 9.17) is 11.6 Å². The van der Waals surface area contributed by atoms with Gasteiger partial charge < -0.3 is 4.90 Å². The van der Waals surface area contributed by atoms with Gasteiger partial charge in [0.1, 0.15) is 0 Å². The van der Waals surface area contributed by atoms with Crippen LogP contribution < -0.4 is 0 Å². The lowest BCUT2D eigenvalue weighted by molar-refractivity contribution is 0.0680. The molecule has 0 N–H and O–H groups in total. The highest BCUT2D eigenvalue weighted by Crippen LogP contribution is 2.24. The van der Waals surface area contributed by atoms with Crippen molar-refractivity contribution in [2.24, 2.45) is 0 Å². The van der Waals surface area contributed by atoms with Gasteiger partial charge in [-0.1, -0.05) is 41.9 Å². The Bertz CT molecular complexity index is 878. The van der Waals surface area contributed by atoms with Gasteiger partial charge in [0.05, 0.1) is 11.5 Å². The Morgan fingerprint density at radius 2 is 1.84 bits per heavy atom. The van der Waals surface area contributed by atoms with Gasteiger partial charge >= 0.3 is 0 Å². The van der Waals surface area contributed by atoms with Crippen LogP contribution in [0.25, 0.3) is 0 Å². The summed E-state index contributed by atoms with van der Waals surface area (Å²) < 4.78 is 23.8. The fraction of sp³-hybridized carbons (Fsp3) is 0.316. The molecule has 6 heteroatoms. The maximum absolute atomic E-state index is 13.1. The highest BCUT2D eigenvalue weighted by Gasteiger charge is 2.35. The van der Waals surface area contributed by atoms with Crippen molar-refractivity contribution in [3.05, 3.63) is 70.2 Å². The second-order valence-electron chi connectivity index (χ2n) is 6.43. The van der Waals surface area contributed by atoms with Crippen molar-refractivity contribution in [2.45, 2.75) is 25.9 Å². The summed E-state index contributed by atoms with van der Waals surface area (Å²) in [6, 6.07) is 14.4. The zero-order valence-corrected chi connectivity index (χ0v) is 15.6. The number of aryl methyl sites for hydroxylation is 1. The number of rotatable bonds is 4. The minimum absolute atomic E-state index is 0.0260. The van der Waals surface area contributed by atoms with Crippen molar-refractivity contribution in [1.82, 2.24) is 4.90 Å². The number of halogens is 1. The largest absolute Gasteiger partial charge is 0.330 e. The number of sulfone groups is 1. The van der Waals surface area contributed by atoms with Gasteiger partial charge in [0.2, 0.25) is 0 Å². The molecule has 0 aromatic heterocycles. The lowest BCUT2D eigenvalue weighted by atomic mass is 10.1. The van der Waals surface area contributed by atoms with E-state index >= 15 is 0 Å². The van der Waals surface area contributed by atoms with Crippen LogP contribution in [0.3, 0.4) is 0 Å². The number of carbonyl (C=O) groups excluding carboxylic acids is 1. The first-order valence-corrected chi connectivity index (χ1v) is 10.4. The lowest BCUT2D eigenvalue weighted by Gasteiger charge is -2.29. The summed E-state index contributed by atoms with van der Waals surface area (Å²) in [6.45, 7) is 2.25. The molecule has 0 radical (unpaired) electrons. The summed E-state index contributed by atoms with van der Waals surface area (Å²) in [5.41, 5.74) is 2.42. The maximum Gasteiger partial charge on any atom is 0.254 e. The van der Waals surface area contributed by atoms with Gasteiger partial charge in [-0.25, -0.2) is 8.42 Å². The van der Waals surface area contributed by atoms with E-state index in [2.05, 4.69) is 0 Å². The average Bonchev–Trinajstić information content (AvgIpc) is 2.94. The van der Waals surface area contributed by atoms with E-state index in [1.165, 1.54) is 0 Å². The summed E-state index contributed by atoms with van der Waals surface area (Å²) in [5, 5.41) is 0.629. The van der Waals surface area contributed by atoms with E-state index in [0.717, 1.165) is 11.1 Å². The van der Waals surface area contributed by atoms with Crippen LogP contribution in [0.4, 0.5) is 0 Å². The van der Waals surface area contributed by atoms with Gasteiger partial charge in [-0.15, -0.1) is 0 Å². The summed E-state index contributed by atoms with van der Waals surface area (Å²) in [7, 11) is -3.08. The number of carbonyl (C=O) groups is 1. The first kappa shape index (κ1) is 18.0. The number of nitrogens with zero attached hydrogens (tertiary/aromatic N) is 1. The lowest BCUT2D eigenvalue weighted by Crippen LogP contribution is -2.40. The van der Waals surface area contributed by atoms with Crippen LogP contribution in [0.15, 0.2) is 48.5 Å². The molecule has 1 amide bonds. The molecular formula is C19H20ClNO3S. The molecule has 1 heterocycles. The second kappa shape index (κ2) is 7.18. The molecule has 1 atom stereocenters. The molecule has 0 saturated carbocycles. The third-order valence-corrected chi connectivity index (χ3v) is 6.55. The standard InChI is InChI=1S/C19H20ClNO3S/c1-14-4-2-3-5-18(14)19(22)21(17-10-11-25(23,24)13-17)12-15-6-8-16(20)9-7-15/h2-9,17H,10-13H2,1H3. The van der Waals surface area contributed by atoms with Crippen molar-refractivity contribution in [2.75, 3.05) is 11.5 Å². The van der Waals surface area contributed by atoms with Crippen molar-refractivity contribution in [3.63, 3.8) is 0 Å². The SMILES string of the molecule is Cc1ccccc1C(=O)N(Cc1ccc(Cl)cc1)C1CCS(=O)(=O)C1. The Kier molecular flexibility index (Phi) is 5.16. The highest BCUT2D eigenvalue weighted by atomic mass is 35.5. The highest BCUT2D eigenvalue weighted by molar-refractivity contribution is 7.91. The molecule has 25 heavy (non-hydrogen) atoms. The van der Waals surface area contributed by atoms with Crippen LogP contribution in [0.5, 0.6) is 0 Å². The zero-order valence-electron chi connectivity index (χ0n) is 14.0. The Labute approximate surface area is 153 Å². The summed E-state index contributed by atoms with van der Waals surface area (Å²) in [5.74, 6) is 0.0313. The van der Waals surface area contributed by atoms with Crippen LogP contribution in [0.2, 0.25) is 5.02 Å². The molecule has 0 aliphatic carbocycles. The monoisotopic (exact) mass is 377 g/mol. The smallest absolute Gasteiger partial charge is 0.254 e. The fourth-order valence-electron chi connectivity index (χ4n) is 3.14. The molecule has 3 rings (SSSR count). The van der Waals surface area contributed by atoms with E-state index in [1.54, 1.807) is 23.1 Å². The Morgan fingerprint density at radius 3 is 2.44 bits per heavy atom. The Hall–Kier alpha value is -1.85. The van der Waals surface area contributed by atoms with Crippen molar-refractivity contribution >= 4 is 27.3 Å². The van der Waals surface area contributed by atoms with Gasteiger partial charge in [0.15, 0.2) is 9.84 Å². The van der Waals surface area contributed by atoms with Crippen LogP contribution in [0.1, 0.15) is 27.9 Å². The number of benzene rings is 2. The van der Waals surface area contributed by atoms with Gasteiger partial charge in [0, 0.05) is 23.2 Å². The third kappa shape index (κ3) is 4.22. The first-order chi connectivity index (χ1) is 11.9. The van der Waals surface area contributed by atoms with Gasteiger partial charge in [-0.2, -0.15) is 0 Å². The second-order valence-corrected chi connectivity index (χ2v) is 9.10. The third-order valence-electron chi connectivity index (χ3n) is 4.55. The molecule has 1 unspecified atom stereocenters. The molecule has 132 valence electrons. The van der Waals surface area contributed by atoms with Gasteiger partial charge in [-0.05, 0) is 42.7 Å². The molecule has 1 fully saturated rings. The predicted molar refractivity (Wildman–Crippen MR) is 99.6 cm³/mol. The van der Waals surface area contributed by atoms with Crippen molar-refractivity contribution < 1.29 is 13.2 Å². The number of amides is 1. The van der Waals surface area contributed by atoms with E-state index in [1.807, 2.05) is 37.3 Å². The topological polar surface area (TPSA) is 54.5 Å². The van der Waals surface area contributed by atoms with E-state index in [9.17, 15) is 13.2 Å². The van der Waals surface area contributed by atoms with Crippen LogP contribution >= 0.6 is 11.6 Å². The minimum Gasteiger partial charge on any atom is -0.330 e. The molecule has 0 bridgehead atoms. The van der Waals surface area contributed by atoms with Gasteiger partial charge in [0.25, 0.3) is 5.91 Å². The molecular weight excluding hydrogens is 358 g/mol. The summed E-state index contributed by atoms with van der Waals surface area (Å²) in [6.07, 6.45) is 0.480. The minimum atomic E-state index is -3.08. The zero-order chi connectivity index (χ0) is 18.0. The van der Waals surface area contributed by atoms with Crippen molar-refractivity contribution in [3.8, 4) is 0 Å². The molecule has 4 nitrogen and oxygen atoms in total. The van der Waals surface area contributed by atoms with Gasteiger partial charge in [-0.3, -0.25) is 4.79 Å². The Morgan fingerprint density at radius 1 is 1.16 bits per heavy atom. The molecule has 2 aromatic rings. The first-order valence-electron chi connectivity index (χ1n) is 8.17. The van der Waals surface area contributed by atoms with E-state index < -0.39 is 9.84 Å². The van der Waals surface area contributed by atoms with Crippen LogP contribution in [0, 0.1) is 6.92 Å². The summed E-state index contributed by atoms with van der Waals surface area (Å²) in [4.78, 5) is 14.8. The molecule has 1 saturated heterocycles. The quantitative estimate of drug-likeness (QED) is 0.819.